The van der Waals surface area contributed by atoms with Gasteiger partial charge in [-0.3, -0.25) is 4.79 Å². The number of rotatable bonds is 7. The number of ether oxygens (including phenoxy) is 1. The van der Waals surface area contributed by atoms with Gasteiger partial charge in [0.1, 0.15) is 11.3 Å². The third kappa shape index (κ3) is 5.25. The second-order valence-electron chi connectivity index (χ2n) is 6.47. The number of benzene rings is 3. The lowest BCUT2D eigenvalue weighted by Crippen LogP contribution is -2.30. The van der Waals surface area contributed by atoms with Gasteiger partial charge in [-0.15, -0.1) is 10.2 Å². The van der Waals surface area contributed by atoms with Gasteiger partial charge >= 0.3 is 0 Å². The molecule has 0 spiro atoms. The Labute approximate surface area is 183 Å². The zero-order chi connectivity index (χ0) is 20.8. The van der Waals surface area contributed by atoms with Crippen molar-refractivity contribution >= 4 is 34.7 Å². The third-order valence-corrected chi connectivity index (χ3v) is 6.10. The summed E-state index contributed by atoms with van der Waals surface area (Å²) in [5.74, 6) is 0.452. The zero-order valence-electron chi connectivity index (χ0n) is 16.2. The summed E-state index contributed by atoms with van der Waals surface area (Å²) in [4.78, 5) is 13.5. The van der Waals surface area contributed by atoms with Crippen LogP contribution in [0.15, 0.2) is 93.6 Å². The molecule has 150 valence electrons. The molecular formula is C23H19N3O2S2. The Kier molecular flexibility index (Phi) is 6.41. The van der Waals surface area contributed by atoms with Crippen LogP contribution in [0.5, 0.6) is 5.75 Å². The predicted molar refractivity (Wildman–Crippen MR) is 121 cm³/mol. The fourth-order valence-corrected chi connectivity index (χ4v) is 4.22. The molecule has 1 N–H and O–H groups in total. The highest BCUT2D eigenvalue weighted by Crippen LogP contribution is 2.29. The molecule has 0 radical (unpaired) electrons. The molecule has 4 aromatic rings. The maximum atomic E-state index is 12.5. The van der Waals surface area contributed by atoms with Gasteiger partial charge in [-0.2, -0.15) is 0 Å². The largest absolute Gasteiger partial charge is 0.481 e. The first-order chi connectivity index (χ1) is 14.7. The van der Waals surface area contributed by atoms with E-state index in [0.29, 0.717) is 5.75 Å². The molecule has 4 rings (SSSR count). The highest BCUT2D eigenvalue weighted by atomic mass is 32.2. The topological polar surface area (TPSA) is 64.1 Å². The van der Waals surface area contributed by atoms with Gasteiger partial charge in [-0.1, -0.05) is 65.6 Å². The van der Waals surface area contributed by atoms with E-state index < -0.39 is 6.10 Å². The first kappa shape index (κ1) is 20.1. The Bertz CT molecular complexity index is 1080. The zero-order valence-corrected chi connectivity index (χ0v) is 17.8. The highest BCUT2D eigenvalue weighted by molar-refractivity contribution is 8.01. The summed E-state index contributed by atoms with van der Waals surface area (Å²) in [7, 11) is 0. The summed E-state index contributed by atoms with van der Waals surface area (Å²) >= 11 is 3.03. The standard InChI is InChI=1S/C23H19N3O2S2/c1-16(28-20-11-7-18(8-12-20)17-5-3-2-4-6-17)22(27)25-19-9-13-21(14-10-19)30-23-26-24-15-29-23/h2-16H,1H3,(H,25,27). The quantitative estimate of drug-likeness (QED) is 0.401. The van der Waals surface area contributed by atoms with Crippen LogP contribution in [0.2, 0.25) is 0 Å². The molecule has 0 bridgehead atoms. The summed E-state index contributed by atoms with van der Waals surface area (Å²) in [6.07, 6.45) is -0.622. The van der Waals surface area contributed by atoms with E-state index in [1.165, 1.54) is 23.1 Å². The lowest BCUT2D eigenvalue weighted by molar-refractivity contribution is -0.122. The summed E-state index contributed by atoms with van der Waals surface area (Å²) < 4.78 is 6.68. The van der Waals surface area contributed by atoms with Crippen molar-refractivity contribution in [2.75, 3.05) is 5.32 Å². The van der Waals surface area contributed by atoms with Gasteiger partial charge in [0.2, 0.25) is 0 Å². The van der Waals surface area contributed by atoms with Crippen LogP contribution in [0.25, 0.3) is 11.1 Å². The summed E-state index contributed by atoms with van der Waals surface area (Å²) in [5.41, 5.74) is 4.67. The van der Waals surface area contributed by atoms with Gasteiger partial charge in [0, 0.05) is 10.6 Å². The van der Waals surface area contributed by atoms with Crippen molar-refractivity contribution in [3.8, 4) is 16.9 Å². The van der Waals surface area contributed by atoms with E-state index in [2.05, 4.69) is 27.6 Å². The molecule has 1 heterocycles. The number of aromatic nitrogens is 2. The number of amides is 1. The Morgan fingerprint density at radius 1 is 0.967 bits per heavy atom. The van der Waals surface area contributed by atoms with E-state index in [4.69, 9.17) is 4.74 Å². The minimum absolute atomic E-state index is 0.202. The van der Waals surface area contributed by atoms with Crippen LogP contribution >= 0.6 is 23.1 Å². The lowest BCUT2D eigenvalue weighted by Gasteiger charge is -2.15. The van der Waals surface area contributed by atoms with E-state index >= 15 is 0 Å². The SMILES string of the molecule is CC(Oc1ccc(-c2ccccc2)cc1)C(=O)Nc1ccc(Sc2nncs2)cc1. The van der Waals surface area contributed by atoms with Crippen molar-refractivity contribution in [3.63, 3.8) is 0 Å². The summed E-state index contributed by atoms with van der Waals surface area (Å²) in [6.45, 7) is 1.74. The Hall–Kier alpha value is -3.16. The average Bonchev–Trinajstić information content (AvgIpc) is 3.29. The van der Waals surface area contributed by atoms with Crippen molar-refractivity contribution in [2.24, 2.45) is 0 Å². The molecule has 0 saturated heterocycles. The Morgan fingerprint density at radius 3 is 2.33 bits per heavy atom. The number of nitrogens with zero attached hydrogens (tertiary/aromatic N) is 2. The molecule has 0 aliphatic rings. The molecule has 1 unspecified atom stereocenters. The van der Waals surface area contributed by atoms with E-state index in [1.807, 2.05) is 66.7 Å². The monoisotopic (exact) mass is 433 g/mol. The molecule has 0 fully saturated rings. The summed E-state index contributed by atoms with van der Waals surface area (Å²) in [5, 5.41) is 10.7. The fourth-order valence-electron chi connectivity index (χ4n) is 2.77. The lowest BCUT2D eigenvalue weighted by atomic mass is 10.1. The number of nitrogens with one attached hydrogen (secondary N) is 1. The van der Waals surface area contributed by atoms with Crippen LogP contribution < -0.4 is 10.1 Å². The number of hydrogen-bond donors (Lipinski definition) is 1. The third-order valence-electron chi connectivity index (χ3n) is 4.31. The number of hydrogen-bond acceptors (Lipinski definition) is 6. The van der Waals surface area contributed by atoms with Gasteiger partial charge in [-0.25, -0.2) is 0 Å². The van der Waals surface area contributed by atoms with Gasteiger partial charge in [0.15, 0.2) is 10.4 Å². The molecule has 0 aliphatic heterocycles. The first-order valence-electron chi connectivity index (χ1n) is 9.34. The smallest absolute Gasteiger partial charge is 0.265 e. The maximum absolute atomic E-state index is 12.5. The molecule has 0 aliphatic carbocycles. The number of carbonyl (C=O) groups is 1. The first-order valence-corrected chi connectivity index (χ1v) is 11.0. The van der Waals surface area contributed by atoms with Crippen molar-refractivity contribution in [1.82, 2.24) is 10.2 Å². The second kappa shape index (κ2) is 9.56. The molecule has 30 heavy (non-hydrogen) atoms. The fraction of sp³-hybridized carbons (Fsp3) is 0.0870. The van der Waals surface area contributed by atoms with Crippen LogP contribution in [0.1, 0.15) is 6.92 Å². The molecular weight excluding hydrogens is 414 g/mol. The minimum Gasteiger partial charge on any atom is -0.481 e. The average molecular weight is 434 g/mol. The van der Waals surface area contributed by atoms with E-state index in [-0.39, 0.29) is 5.91 Å². The predicted octanol–water partition coefficient (Wildman–Crippen LogP) is 5.76. The number of carbonyl (C=O) groups excluding carboxylic acids is 1. The van der Waals surface area contributed by atoms with Crippen LogP contribution in [0.4, 0.5) is 5.69 Å². The van der Waals surface area contributed by atoms with Crippen molar-refractivity contribution < 1.29 is 9.53 Å². The van der Waals surface area contributed by atoms with Crippen LogP contribution in [0.3, 0.4) is 0 Å². The Balaban J connectivity index is 1.32. The number of anilines is 1. The van der Waals surface area contributed by atoms with Crippen LogP contribution in [0, 0.1) is 0 Å². The van der Waals surface area contributed by atoms with E-state index in [9.17, 15) is 4.79 Å². The van der Waals surface area contributed by atoms with Crippen molar-refractivity contribution in [1.29, 1.82) is 0 Å². The van der Waals surface area contributed by atoms with E-state index in [1.54, 1.807) is 12.4 Å². The second-order valence-corrected chi connectivity index (χ2v) is 8.62. The molecule has 3 aromatic carbocycles. The van der Waals surface area contributed by atoms with Crippen LogP contribution in [-0.2, 0) is 4.79 Å². The molecule has 1 aromatic heterocycles. The van der Waals surface area contributed by atoms with Crippen molar-refractivity contribution in [2.45, 2.75) is 22.3 Å². The van der Waals surface area contributed by atoms with Gasteiger partial charge in [-0.05, 0) is 54.4 Å². The molecule has 1 atom stereocenters. The van der Waals surface area contributed by atoms with Gasteiger partial charge < -0.3 is 10.1 Å². The highest BCUT2D eigenvalue weighted by Gasteiger charge is 2.15. The normalized spacial score (nSPS) is 11.6. The minimum atomic E-state index is -0.622. The van der Waals surface area contributed by atoms with E-state index in [0.717, 1.165) is 26.0 Å². The molecule has 5 nitrogen and oxygen atoms in total. The molecule has 7 heteroatoms. The van der Waals surface area contributed by atoms with Gasteiger partial charge in [0.05, 0.1) is 0 Å². The maximum Gasteiger partial charge on any atom is 0.265 e. The van der Waals surface area contributed by atoms with Crippen LogP contribution in [-0.4, -0.2) is 22.2 Å². The van der Waals surface area contributed by atoms with Crippen molar-refractivity contribution in [3.05, 3.63) is 84.4 Å². The summed E-state index contributed by atoms with van der Waals surface area (Å²) in [6, 6.07) is 25.5. The molecule has 0 saturated carbocycles. The Morgan fingerprint density at radius 2 is 1.67 bits per heavy atom. The van der Waals surface area contributed by atoms with Gasteiger partial charge in [0.25, 0.3) is 5.91 Å². The molecule has 1 amide bonds.